The Bertz CT molecular complexity index is 499. The van der Waals surface area contributed by atoms with Crippen molar-refractivity contribution in [3.8, 4) is 0 Å². The molecule has 4 heteroatoms. The van der Waals surface area contributed by atoms with Crippen LogP contribution in [-0.4, -0.2) is 35.8 Å². The first-order chi connectivity index (χ1) is 9.61. The third kappa shape index (κ3) is 3.38. The molecule has 1 aliphatic rings. The summed E-state index contributed by atoms with van der Waals surface area (Å²) in [6.45, 7) is 5.20. The van der Waals surface area contributed by atoms with Crippen LogP contribution in [0, 0.1) is 6.92 Å². The van der Waals surface area contributed by atoms with Gasteiger partial charge in [0.1, 0.15) is 6.04 Å². The molecule has 0 bridgehead atoms. The number of carbonyl (C=O) groups is 2. The van der Waals surface area contributed by atoms with E-state index in [4.69, 9.17) is 0 Å². The molecule has 4 nitrogen and oxygen atoms in total. The van der Waals surface area contributed by atoms with Crippen LogP contribution in [0.5, 0.6) is 0 Å². The molecule has 1 aliphatic heterocycles. The largest absolute Gasteiger partial charge is 0.344 e. The summed E-state index contributed by atoms with van der Waals surface area (Å²) in [4.78, 5) is 25.7. The highest BCUT2D eigenvalue weighted by molar-refractivity contribution is 5.89. The molecule has 2 amide bonds. The molecule has 20 heavy (non-hydrogen) atoms. The van der Waals surface area contributed by atoms with Gasteiger partial charge in [-0.3, -0.25) is 9.59 Å². The van der Waals surface area contributed by atoms with Gasteiger partial charge in [-0.15, -0.1) is 0 Å². The van der Waals surface area contributed by atoms with Gasteiger partial charge in [-0.25, -0.2) is 0 Å². The number of nitrogens with zero attached hydrogens (tertiary/aromatic N) is 1. The van der Waals surface area contributed by atoms with E-state index < -0.39 is 0 Å². The number of carbonyl (C=O) groups excluding carboxylic acids is 2. The van der Waals surface area contributed by atoms with Crippen molar-refractivity contribution in [1.29, 1.82) is 0 Å². The van der Waals surface area contributed by atoms with Crippen LogP contribution in [0.3, 0.4) is 0 Å². The van der Waals surface area contributed by atoms with E-state index in [1.165, 1.54) is 11.1 Å². The highest BCUT2D eigenvalue weighted by Gasteiger charge is 2.28. The van der Waals surface area contributed by atoms with Crippen molar-refractivity contribution in [2.45, 2.75) is 39.2 Å². The van der Waals surface area contributed by atoms with Gasteiger partial charge in [0.15, 0.2) is 0 Å². The minimum atomic E-state index is -0.359. The quantitative estimate of drug-likeness (QED) is 0.908. The third-order valence-electron chi connectivity index (χ3n) is 3.87. The van der Waals surface area contributed by atoms with E-state index in [-0.39, 0.29) is 17.9 Å². The molecule has 1 heterocycles. The van der Waals surface area contributed by atoms with Crippen LogP contribution < -0.4 is 5.32 Å². The summed E-state index contributed by atoms with van der Waals surface area (Å²) in [5, 5.41) is 2.79. The summed E-state index contributed by atoms with van der Waals surface area (Å²) in [5.41, 5.74) is 2.51. The minimum Gasteiger partial charge on any atom is -0.344 e. The Balaban J connectivity index is 2.02. The molecular weight excluding hydrogens is 252 g/mol. The predicted octanol–water partition coefficient (Wildman–Crippen LogP) is 1.66. The molecule has 1 unspecified atom stereocenters. The zero-order valence-electron chi connectivity index (χ0n) is 12.2. The van der Waals surface area contributed by atoms with Gasteiger partial charge in [-0.1, -0.05) is 31.2 Å². The third-order valence-corrected chi connectivity index (χ3v) is 3.87. The van der Waals surface area contributed by atoms with E-state index in [0.717, 1.165) is 6.42 Å². The van der Waals surface area contributed by atoms with Crippen molar-refractivity contribution < 1.29 is 9.59 Å². The molecule has 1 N–H and O–H groups in total. The second-order valence-corrected chi connectivity index (χ2v) is 5.28. The lowest BCUT2D eigenvalue weighted by Crippen LogP contribution is -2.44. The lowest BCUT2D eigenvalue weighted by atomic mass is 10.1. The predicted molar refractivity (Wildman–Crippen MR) is 78.3 cm³/mol. The molecule has 1 saturated heterocycles. The SMILES string of the molecule is CCC1NC(=O)CCN(CCc2ccccc2C)C1=O. The van der Waals surface area contributed by atoms with E-state index in [1.54, 1.807) is 0 Å². The Labute approximate surface area is 120 Å². The Morgan fingerprint density at radius 3 is 2.75 bits per heavy atom. The summed E-state index contributed by atoms with van der Waals surface area (Å²) in [6.07, 6.45) is 1.88. The van der Waals surface area contributed by atoms with Gasteiger partial charge < -0.3 is 10.2 Å². The molecule has 1 aromatic rings. The maximum absolute atomic E-state index is 12.3. The fourth-order valence-corrected chi connectivity index (χ4v) is 2.54. The number of amides is 2. The van der Waals surface area contributed by atoms with Gasteiger partial charge >= 0.3 is 0 Å². The van der Waals surface area contributed by atoms with Crippen molar-refractivity contribution in [3.63, 3.8) is 0 Å². The molecule has 0 spiro atoms. The summed E-state index contributed by atoms with van der Waals surface area (Å²) < 4.78 is 0. The first-order valence-electron chi connectivity index (χ1n) is 7.24. The maximum Gasteiger partial charge on any atom is 0.245 e. The van der Waals surface area contributed by atoms with Gasteiger partial charge in [-0.2, -0.15) is 0 Å². The first-order valence-corrected chi connectivity index (χ1v) is 7.24. The molecular formula is C16H22N2O2. The number of rotatable bonds is 4. The molecule has 0 aliphatic carbocycles. The number of hydrogen-bond donors (Lipinski definition) is 1. The summed E-state index contributed by atoms with van der Waals surface area (Å²) in [7, 11) is 0. The molecule has 0 radical (unpaired) electrons. The lowest BCUT2D eigenvalue weighted by molar-refractivity contribution is -0.133. The number of benzene rings is 1. The summed E-state index contributed by atoms with van der Waals surface area (Å²) >= 11 is 0. The number of hydrogen-bond acceptors (Lipinski definition) is 2. The van der Waals surface area contributed by atoms with Crippen molar-refractivity contribution >= 4 is 11.8 Å². The van der Waals surface area contributed by atoms with Gasteiger partial charge in [-0.05, 0) is 30.9 Å². The highest BCUT2D eigenvalue weighted by Crippen LogP contribution is 2.11. The van der Waals surface area contributed by atoms with Crippen LogP contribution in [0.15, 0.2) is 24.3 Å². The molecule has 1 atom stereocenters. The van der Waals surface area contributed by atoms with E-state index in [0.29, 0.717) is 25.9 Å². The zero-order valence-corrected chi connectivity index (χ0v) is 12.2. The topological polar surface area (TPSA) is 49.4 Å². The van der Waals surface area contributed by atoms with Crippen LogP contribution in [0.1, 0.15) is 30.9 Å². The normalized spacial score (nSPS) is 19.7. The highest BCUT2D eigenvalue weighted by atomic mass is 16.2. The second-order valence-electron chi connectivity index (χ2n) is 5.28. The van der Waals surface area contributed by atoms with Crippen LogP contribution in [0.25, 0.3) is 0 Å². The summed E-state index contributed by atoms with van der Waals surface area (Å²) in [5.74, 6) is 0.0236. The lowest BCUT2D eigenvalue weighted by Gasteiger charge is -2.23. The number of aryl methyl sites for hydroxylation is 1. The standard InChI is InChI=1S/C16H22N2O2/c1-3-14-16(20)18(11-9-15(19)17-14)10-8-13-7-5-4-6-12(13)2/h4-7,14H,3,8-11H2,1-2H3,(H,17,19). The second kappa shape index (κ2) is 6.55. The van der Waals surface area contributed by atoms with Gasteiger partial charge in [0, 0.05) is 19.5 Å². The monoisotopic (exact) mass is 274 g/mol. The van der Waals surface area contributed by atoms with Gasteiger partial charge in [0.2, 0.25) is 11.8 Å². The molecule has 2 rings (SSSR count). The first kappa shape index (κ1) is 14.6. The fourth-order valence-electron chi connectivity index (χ4n) is 2.54. The Hall–Kier alpha value is -1.84. The van der Waals surface area contributed by atoms with Crippen molar-refractivity contribution in [2.24, 2.45) is 0 Å². The Kier molecular flexibility index (Phi) is 4.77. The van der Waals surface area contributed by atoms with Crippen LogP contribution in [0.2, 0.25) is 0 Å². The minimum absolute atomic E-state index is 0.0245. The van der Waals surface area contributed by atoms with Crippen LogP contribution in [0.4, 0.5) is 0 Å². The molecule has 0 aromatic heterocycles. The fraction of sp³-hybridized carbons (Fsp3) is 0.500. The van der Waals surface area contributed by atoms with Crippen molar-refractivity contribution in [2.75, 3.05) is 13.1 Å². The summed E-state index contributed by atoms with van der Waals surface area (Å²) in [6, 6.07) is 7.86. The Morgan fingerprint density at radius 2 is 2.05 bits per heavy atom. The van der Waals surface area contributed by atoms with E-state index in [2.05, 4.69) is 24.4 Å². The smallest absolute Gasteiger partial charge is 0.245 e. The molecule has 1 aromatic carbocycles. The average Bonchev–Trinajstić information content (AvgIpc) is 2.58. The molecule has 108 valence electrons. The van der Waals surface area contributed by atoms with Crippen LogP contribution >= 0.6 is 0 Å². The van der Waals surface area contributed by atoms with E-state index in [9.17, 15) is 9.59 Å². The van der Waals surface area contributed by atoms with Gasteiger partial charge in [0.25, 0.3) is 0 Å². The van der Waals surface area contributed by atoms with E-state index in [1.807, 2.05) is 24.0 Å². The van der Waals surface area contributed by atoms with Gasteiger partial charge in [0.05, 0.1) is 0 Å². The molecule has 1 fully saturated rings. The Morgan fingerprint density at radius 1 is 1.30 bits per heavy atom. The number of nitrogens with one attached hydrogen (secondary N) is 1. The average molecular weight is 274 g/mol. The zero-order chi connectivity index (χ0) is 14.5. The maximum atomic E-state index is 12.3. The molecule has 0 saturated carbocycles. The van der Waals surface area contributed by atoms with Crippen molar-refractivity contribution in [3.05, 3.63) is 35.4 Å². The van der Waals surface area contributed by atoms with E-state index >= 15 is 0 Å². The van der Waals surface area contributed by atoms with Crippen molar-refractivity contribution in [1.82, 2.24) is 10.2 Å². The van der Waals surface area contributed by atoms with Crippen LogP contribution in [-0.2, 0) is 16.0 Å².